The average molecular weight is 317 g/mol. The van der Waals surface area contributed by atoms with Gasteiger partial charge in [-0.2, -0.15) is 0 Å². The molecule has 0 bridgehead atoms. The van der Waals surface area contributed by atoms with Crippen molar-refractivity contribution in [3.8, 4) is 0 Å². The van der Waals surface area contributed by atoms with Gasteiger partial charge in [0.2, 0.25) is 0 Å². The lowest BCUT2D eigenvalue weighted by Gasteiger charge is -2.19. The van der Waals surface area contributed by atoms with E-state index in [0.29, 0.717) is 0 Å². The molecular formula is C16H17ClN4O. The van der Waals surface area contributed by atoms with E-state index in [9.17, 15) is 4.79 Å². The molecule has 2 aromatic heterocycles. The standard InChI is InChI=1S/C16H16N4O.ClH/c21-16-13-2-1-5-18-15(13)12-4-3-11(8-14(12)19-16)9-20-7-6-17-10-20;/h3-4,6-8,10,18H,1-2,5,9H2,(H,19,21);1H. The number of hydrogen-bond acceptors (Lipinski definition) is 3. The lowest BCUT2D eigenvalue weighted by atomic mass is 10.0. The van der Waals surface area contributed by atoms with Gasteiger partial charge in [0.1, 0.15) is 0 Å². The van der Waals surface area contributed by atoms with Crippen molar-refractivity contribution in [1.82, 2.24) is 14.5 Å². The van der Waals surface area contributed by atoms with Gasteiger partial charge in [0.25, 0.3) is 5.56 Å². The molecule has 0 saturated heterocycles. The highest BCUT2D eigenvalue weighted by Crippen LogP contribution is 2.27. The smallest absolute Gasteiger partial charge is 0.253 e. The van der Waals surface area contributed by atoms with E-state index in [1.165, 1.54) is 0 Å². The molecule has 1 aliphatic heterocycles. The van der Waals surface area contributed by atoms with Gasteiger partial charge >= 0.3 is 0 Å². The molecule has 0 unspecified atom stereocenters. The number of anilines is 1. The third-order valence-corrected chi connectivity index (χ3v) is 4.01. The van der Waals surface area contributed by atoms with Crippen LogP contribution < -0.4 is 10.9 Å². The summed E-state index contributed by atoms with van der Waals surface area (Å²) in [6.07, 6.45) is 7.36. The number of hydrogen-bond donors (Lipinski definition) is 2. The molecule has 2 N–H and O–H groups in total. The minimum absolute atomic E-state index is 0. The molecule has 0 amide bonds. The summed E-state index contributed by atoms with van der Waals surface area (Å²) >= 11 is 0. The first-order chi connectivity index (χ1) is 10.3. The Morgan fingerprint density at radius 3 is 3.05 bits per heavy atom. The van der Waals surface area contributed by atoms with E-state index in [4.69, 9.17) is 0 Å². The number of nitrogens with zero attached hydrogens (tertiary/aromatic N) is 2. The number of imidazole rings is 1. The third kappa shape index (κ3) is 2.48. The number of nitrogens with one attached hydrogen (secondary N) is 2. The highest BCUT2D eigenvalue weighted by molar-refractivity contribution is 5.93. The van der Waals surface area contributed by atoms with Crippen LogP contribution in [0.25, 0.3) is 10.9 Å². The van der Waals surface area contributed by atoms with Crippen LogP contribution in [0.5, 0.6) is 0 Å². The third-order valence-electron chi connectivity index (χ3n) is 4.01. The minimum Gasteiger partial charge on any atom is -0.384 e. The Balaban J connectivity index is 0.00000144. The van der Waals surface area contributed by atoms with Crippen LogP contribution >= 0.6 is 12.4 Å². The first kappa shape index (κ1) is 14.7. The van der Waals surface area contributed by atoms with Crippen LogP contribution in [0.1, 0.15) is 17.5 Å². The Morgan fingerprint density at radius 2 is 2.23 bits per heavy atom. The summed E-state index contributed by atoms with van der Waals surface area (Å²) in [4.78, 5) is 19.3. The second-order valence-corrected chi connectivity index (χ2v) is 5.45. The van der Waals surface area contributed by atoms with E-state index in [1.807, 2.05) is 16.8 Å². The van der Waals surface area contributed by atoms with Crippen LogP contribution in [0.15, 0.2) is 41.7 Å². The molecule has 1 aromatic carbocycles. The molecule has 6 heteroatoms. The molecule has 3 aromatic rings. The van der Waals surface area contributed by atoms with E-state index < -0.39 is 0 Å². The largest absolute Gasteiger partial charge is 0.384 e. The van der Waals surface area contributed by atoms with Crippen molar-refractivity contribution in [2.75, 3.05) is 11.9 Å². The molecule has 0 radical (unpaired) electrons. The van der Waals surface area contributed by atoms with Crippen molar-refractivity contribution in [3.05, 3.63) is 58.4 Å². The summed E-state index contributed by atoms with van der Waals surface area (Å²) in [7, 11) is 0. The molecule has 0 atom stereocenters. The molecule has 4 rings (SSSR count). The molecule has 5 nitrogen and oxygen atoms in total. The molecule has 22 heavy (non-hydrogen) atoms. The van der Waals surface area contributed by atoms with Gasteiger partial charge < -0.3 is 14.9 Å². The number of aromatic amines is 1. The second kappa shape index (κ2) is 5.85. The quantitative estimate of drug-likeness (QED) is 0.764. The summed E-state index contributed by atoms with van der Waals surface area (Å²) in [5, 5.41) is 4.47. The molecular weight excluding hydrogens is 300 g/mol. The van der Waals surface area contributed by atoms with Crippen molar-refractivity contribution < 1.29 is 0 Å². The van der Waals surface area contributed by atoms with E-state index >= 15 is 0 Å². The Morgan fingerprint density at radius 1 is 1.32 bits per heavy atom. The van der Waals surface area contributed by atoms with Gasteiger partial charge in [0, 0.05) is 36.4 Å². The lowest BCUT2D eigenvalue weighted by molar-refractivity contribution is 0.797. The monoisotopic (exact) mass is 316 g/mol. The Bertz CT molecular complexity index is 854. The zero-order valence-electron chi connectivity index (χ0n) is 12.0. The Hall–Kier alpha value is -2.27. The number of pyridine rings is 1. The SMILES string of the molecule is Cl.O=c1[nH]c2cc(Cn3ccnc3)ccc2c2c1CCCN2. The van der Waals surface area contributed by atoms with E-state index in [0.717, 1.165) is 53.6 Å². The summed E-state index contributed by atoms with van der Waals surface area (Å²) in [6, 6.07) is 6.25. The summed E-state index contributed by atoms with van der Waals surface area (Å²) in [5.41, 5.74) is 3.97. The number of halogens is 1. The van der Waals surface area contributed by atoms with Gasteiger partial charge in [-0.15, -0.1) is 12.4 Å². The number of aromatic nitrogens is 3. The number of fused-ring (bicyclic) bond motifs is 3. The predicted molar refractivity (Wildman–Crippen MR) is 90.0 cm³/mol. The van der Waals surface area contributed by atoms with Crippen LogP contribution in [-0.2, 0) is 13.0 Å². The molecule has 0 fully saturated rings. The highest BCUT2D eigenvalue weighted by atomic mass is 35.5. The molecule has 0 saturated carbocycles. The van der Waals surface area contributed by atoms with Gasteiger partial charge in [-0.3, -0.25) is 4.79 Å². The molecule has 114 valence electrons. The molecule has 0 aliphatic carbocycles. The van der Waals surface area contributed by atoms with Gasteiger partial charge in [0.05, 0.1) is 17.5 Å². The maximum Gasteiger partial charge on any atom is 0.253 e. The molecule has 0 spiro atoms. The fourth-order valence-electron chi connectivity index (χ4n) is 3.00. The lowest BCUT2D eigenvalue weighted by Crippen LogP contribution is -2.22. The van der Waals surface area contributed by atoms with Gasteiger partial charge in [0.15, 0.2) is 0 Å². The summed E-state index contributed by atoms with van der Waals surface area (Å²) < 4.78 is 2.01. The fraction of sp³-hybridized carbons (Fsp3) is 0.250. The number of rotatable bonds is 2. The molecule has 3 heterocycles. The predicted octanol–water partition coefficient (Wildman–Crippen LogP) is 2.55. The molecule has 1 aliphatic rings. The van der Waals surface area contributed by atoms with Crippen LogP contribution in [-0.4, -0.2) is 21.1 Å². The van der Waals surface area contributed by atoms with Crippen LogP contribution in [0.4, 0.5) is 5.69 Å². The maximum absolute atomic E-state index is 12.2. The Kier molecular flexibility index (Phi) is 3.90. The topological polar surface area (TPSA) is 62.7 Å². The van der Waals surface area contributed by atoms with Crippen molar-refractivity contribution in [1.29, 1.82) is 0 Å². The second-order valence-electron chi connectivity index (χ2n) is 5.45. The maximum atomic E-state index is 12.2. The number of H-pyrrole nitrogens is 1. The van der Waals surface area contributed by atoms with Crippen molar-refractivity contribution in [3.63, 3.8) is 0 Å². The zero-order valence-corrected chi connectivity index (χ0v) is 12.8. The fourth-order valence-corrected chi connectivity index (χ4v) is 3.00. The minimum atomic E-state index is 0. The van der Waals surface area contributed by atoms with Crippen LogP contribution in [0, 0.1) is 0 Å². The van der Waals surface area contributed by atoms with Crippen molar-refractivity contribution >= 4 is 29.0 Å². The van der Waals surface area contributed by atoms with E-state index in [-0.39, 0.29) is 18.0 Å². The van der Waals surface area contributed by atoms with Crippen molar-refractivity contribution in [2.24, 2.45) is 0 Å². The van der Waals surface area contributed by atoms with E-state index in [2.05, 4.69) is 27.4 Å². The Labute approximate surface area is 133 Å². The van der Waals surface area contributed by atoms with Gasteiger partial charge in [-0.05, 0) is 24.5 Å². The normalized spacial score (nSPS) is 13.3. The van der Waals surface area contributed by atoms with Gasteiger partial charge in [-0.25, -0.2) is 4.98 Å². The highest BCUT2D eigenvalue weighted by Gasteiger charge is 2.15. The van der Waals surface area contributed by atoms with Gasteiger partial charge in [-0.1, -0.05) is 12.1 Å². The first-order valence-corrected chi connectivity index (χ1v) is 7.19. The first-order valence-electron chi connectivity index (χ1n) is 7.19. The average Bonchev–Trinajstić information content (AvgIpc) is 3.00. The van der Waals surface area contributed by atoms with E-state index in [1.54, 1.807) is 12.5 Å². The summed E-state index contributed by atoms with van der Waals surface area (Å²) in [5.74, 6) is 0. The van der Waals surface area contributed by atoms with Crippen LogP contribution in [0.3, 0.4) is 0 Å². The van der Waals surface area contributed by atoms with Crippen LogP contribution in [0.2, 0.25) is 0 Å². The summed E-state index contributed by atoms with van der Waals surface area (Å²) in [6.45, 7) is 1.69. The zero-order chi connectivity index (χ0) is 14.2. The van der Waals surface area contributed by atoms with Crippen molar-refractivity contribution in [2.45, 2.75) is 19.4 Å². The number of benzene rings is 1.